The fraction of sp³-hybridized carbons (Fsp3) is 0.667. The van der Waals surface area contributed by atoms with Crippen molar-refractivity contribution in [1.82, 2.24) is 5.16 Å². The van der Waals surface area contributed by atoms with E-state index in [0.717, 1.165) is 19.3 Å². The molecule has 1 aromatic heterocycles. The van der Waals surface area contributed by atoms with Gasteiger partial charge in [-0.25, -0.2) is 4.79 Å². The Balaban J connectivity index is 2.23. The summed E-state index contributed by atoms with van der Waals surface area (Å²) < 4.78 is 4.80. The molecule has 1 fully saturated rings. The molecule has 1 heterocycles. The smallest absolute Gasteiger partial charge is 0.340 e. The van der Waals surface area contributed by atoms with E-state index in [1.807, 2.05) is 0 Å². The monoisotopic (exact) mass is 223 g/mol. The normalized spacial score (nSPS) is 24.2. The summed E-state index contributed by atoms with van der Waals surface area (Å²) in [6.07, 6.45) is 5.56. The lowest BCUT2D eigenvalue weighted by Crippen LogP contribution is -2.22. The maximum Gasteiger partial charge on any atom is 0.340 e. The van der Waals surface area contributed by atoms with Gasteiger partial charge >= 0.3 is 5.97 Å². The van der Waals surface area contributed by atoms with Gasteiger partial charge in [0.2, 0.25) is 0 Å². The van der Waals surface area contributed by atoms with E-state index in [1.165, 1.54) is 12.7 Å². The quantitative estimate of drug-likeness (QED) is 0.836. The lowest BCUT2D eigenvalue weighted by molar-refractivity contribution is 0.0693. The highest BCUT2D eigenvalue weighted by Crippen LogP contribution is 2.43. The predicted octanol–water partition coefficient (Wildman–Crippen LogP) is 3.06. The minimum atomic E-state index is -0.945. The van der Waals surface area contributed by atoms with E-state index in [0.29, 0.717) is 5.69 Å². The summed E-state index contributed by atoms with van der Waals surface area (Å²) in [5, 5.41) is 12.9. The van der Waals surface area contributed by atoms with Gasteiger partial charge in [-0.3, -0.25) is 0 Å². The zero-order chi connectivity index (χ0) is 11.8. The molecule has 0 unspecified atom stereocenters. The van der Waals surface area contributed by atoms with Crippen molar-refractivity contribution in [3.8, 4) is 0 Å². The second kappa shape index (κ2) is 3.92. The lowest BCUT2D eigenvalue weighted by atomic mass is 9.71. The molecule has 0 amide bonds. The van der Waals surface area contributed by atoms with Gasteiger partial charge in [-0.2, -0.15) is 0 Å². The number of nitrogens with zero attached hydrogens (tertiary/aromatic N) is 1. The average Bonchev–Trinajstić information content (AvgIpc) is 2.64. The minimum absolute atomic E-state index is 0.225. The van der Waals surface area contributed by atoms with Crippen LogP contribution >= 0.6 is 0 Å². The highest BCUT2D eigenvalue weighted by molar-refractivity contribution is 5.88. The maximum atomic E-state index is 11.0. The van der Waals surface area contributed by atoms with E-state index in [4.69, 9.17) is 9.63 Å². The fourth-order valence-electron chi connectivity index (χ4n) is 2.63. The van der Waals surface area contributed by atoms with E-state index in [-0.39, 0.29) is 16.9 Å². The second-order valence-electron chi connectivity index (χ2n) is 5.38. The number of aromatic nitrogens is 1. The van der Waals surface area contributed by atoms with E-state index < -0.39 is 5.97 Å². The number of hydrogen-bond donors (Lipinski definition) is 1. The molecule has 4 heteroatoms. The van der Waals surface area contributed by atoms with Crippen molar-refractivity contribution in [2.24, 2.45) is 5.41 Å². The highest BCUT2D eigenvalue weighted by atomic mass is 16.5. The van der Waals surface area contributed by atoms with Crippen LogP contribution in [-0.2, 0) is 0 Å². The van der Waals surface area contributed by atoms with Gasteiger partial charge in [0.05, 0.1) is 0 Å². The van der Waals surface area contributed by atoms with Crippen LogP contribution in [0.5, 0.6) is 0 Å². The van der Waals surface area contributed by atoms with E-state index in [2.05, 4.69) is 19.0 Å². The van der Waals surface area contributed by atoms with Gasteiger partial charge < -0.3 is 9.63 Å². The highest BCUT2D eigenvalue weighted by Gasteiger charge is 2.32. The zero-order valence-electron chi connectivity index (χ0n) is 9.69. The summed E-state index contributed by atoms with van der Waals surface area (Å²) in [4.78, 5) is 11.0. The maximum absolute atomic E-state index is 11.0. The van der Waals surface area contributed by atoms with Crippen LogP contribution in [-0.4, -0.2) is 16.2 Å². The Labute approximate surface area is 94.6 Å². The van der Waals surface area contributed by atoms with Crippen LogP contribution in [0.1, 0.15) is 61.5 Å². The Hall–Kier alpha value is -1.32. The molecular weight excluding hydrogens is 206 g/mol. The molecule has 0 spiro atoms. The van der Waals surface area contributed by atoms with Crippen molar-refractivity contribution in [2.45, 2.75) is 45.4 Å². The number of carbonyl (C=O) groups is 1. The summed E-state index contributed by atoms with van der Waals surface area (Å²) >= 11 is 0. The van der Waals surface area contributed by atoms with Crippen LogP contribution < -0.4 is 0 Å². The summed E-state index contributed by atoms with van der Waals surface area (Å²) in [6, 6.07) is 0. The molecule has 0 aliphatic heterocycles. The molecule has 0 bridgehead atoms. The van der Waals surface area contributed by atoms with Crippen molar-refractivity contribution < 1.29 is 14.4 Å². The Morgan fingerprint density at radius 1 is 1.62 bits per heavy atom. The van der Waals surface area contributed by atoms with Gasteiger partial charge in [-0.15, -0.1) is 0 Å². The number of rotatable bonds is 2. The van der Waals surface area contributed by atoms with Crippen molar-refractivity contribution in [2.75, 3.05) is 0 Å². The van der Waals surface area contributed by atoms with Gasteiger partial charge in [0.15, 0.2) is 0 Å². The van der Waals surface area contributed by atoms with Gasteiger partial charge in [-0.05, 0) is 24.7 Å². The lowest BCUT2D eigenvalue weighted by Gasteiger charge is -2.34. The van der Waals surface area contributed by atoms with Crippen LogP contribution in [0.15, 0.2) is 10.8 Å². The molecule has 4 nitrogen and oxygen atoms in total. The third-order valence-corrected chi connectivity index (χ3v) is 3.42. The first-order valence-electron chi connectivity index (χ1n) is 5.67. The molecule has 0 saturated heterocycles. The molecule has 1 aliphatic carbocycles. The Morgan fingerprint density at radius 2 is 2.38 bits per heavy atom. The number of hydrogen-bond acceptors (Lipinski definition) is 3. The van der Waals surface area contributed by atoms with Crippen molar-refractivity contribution >= 4 is 5.97 Å². The first kappa shape index (κ1) is 11.2. The van der Waals surface area contributed by atoms with E-state index >= 15 is 0 Å². The zero-order valence-corrected chi connectivity index (χ0v) is 9.69. The number of carboxylic acids is 1. The molecule has 1 N–H and O–H groups in total. The second-order valence-corrected chi connectivity index (χ2v) is 5.38. The largest absolute Gasteiger partial charge is 0.478 e. The van der Waals surface area contributed by atoms with Crippen LogP contribution in [0.4, 0.5) is 0 Å². The van der Waals surface area contributed by atoms with Crippen LogP contribution in [0.3, 0.4) is 0 Å². The molecular formula is C12H17NO3. The van der Waals surface area contributed by atoms with Crippen molar-refractivity contribution in [3.05, 3.63) is 17.5 Å². The van der Waals surface area contributed by atoms with Crippen LogP contribution in [0.25, 0.3) is 0 Å². The number of carboxylic acid groups (broad SMARTS) is 1. The molecule has 1 atom stereocenters. The standard InChI is InChI=1S/C12H17NO3/c1-12(2)5-3-4-8(6-12)10-9(11(14)15)7-16-13-10/h7-8H,3-6H2,1-2H3,(H,14,15)/t8-/m1/s1. The fourth-order valence-corrected chi connectivity index (χ4v) is 2.63. The third-order valence-electron chi connectivity index (χ3n) is 3.42. The molecule has 88 valence electrons. The molecule has 1 saturated carbocycles. The van der Waals surface area contributed by atoms with Crippen molar-refractivity contribution in [1.29, 1.82) is 0 Å². The summed E-state index contributed by atoms with van der Waals surface area (Å²) in [6.45, 7) is 4.44. The number of aromatic carboxylic acids is 1. The molecule has 2 rings (SSSR count). The van der Waals surface area contributed by atoms with Gasteiger partial charge in [0.25, 0.3) is 0 Å². The van der Waals surface area contributed by atoms with Crippen LogP contribution in [0, 0.1) is 5.41 Å². The SMILES string of the molecule is CC1(C)CCC[C@@H](c2nocc2C(=O)O)C1. The van der Waals surface area contributed by atoms with Gasteiger partial charge in [0.1, 0.15) is 17.5 Å². The van der Waals surface area contributed by atoms with E-state index in [1.54, 1.807) is 0 Å². The summed E-state index contributed by atoms with van der Waals surface area (Å²) in [5.41, 5.74) is 1.13. The Bertz CT molecular complexity index is 395. The van der Waals surface area contributed by atoms with Gasteiger partial charge in [-0.1, -0.05) is 25.4 Å². The topological polar surface area (TPSA) is 63.3 Å². The van der Waals surface area contributed by atoms with Crippen molar-refractivity contribution in [3.63, 3.8) is 0 Å². The molecule has 1 aromatic rings. The third kappa shape index (κ3) is 2.10. The summed E-state index contributed by atoms with van der Waals surface area (Å²) in [7, 11) is 0. The first-order valence-corrected chi connectivity index (χ1v) is 5.67. The minimum Gasteiger partial charge on any atom is -0.478 e. The van der Waals surface area contributed by atoms with Gasteiger partial charge in [0, 0.05) is 5.92 Å². The first-order chi connectivity index (χ1) is 7.49. The average molecular weight is 223 g/mol. The Morgan fingerprint density at radius 3 is 3.00 bits per heavy atom. The molecule has 16 heavy (non-hydrogen) atoms. The predicted molar refractivity (Wildman–Crippen MR) is 58.5 cm³/mol. The molecule has 0 radical (unpaired) electrons. The van der Waals surface area contributed by atoms with E-state index in [9.17, 15) is 4.79 Å². The van der Waals surface area contributed by atoms with Crippen LogP contribution in [0.2, 0.25) is 0 Å². The molecule has 0 aromatic carbocycles. The summed E-state index contributed by atoms with van der Waals surface area (Å²) in [5.74, 6) is -0.715. The molecule has 1 aliphatic rings. The Kier molecular flexibility index (Phi) is 2.74.